The molecule has 0 atom stereocenters. The molecule has 1 aliphatic rings. The summed E-state index contributed by atoms with van der Waals surface area (Å²) in [6, 6.07) is 0.192. The molecule has 0 aromatic carbocycles. The molecule has 5 heteroatoms. The molecule has 0 radical (unpaired) electrons. The van der Waals surface area contributed by atoms with Gasteiger partial charge in [-0.15, -0.1) is 0 Å². The molecule has 2 N–H and O–H groups in total. The summed E-state index contributed by atoms with van der Waals surface area (Å²) in [7, 11) is 0. The van der Waals surface area contributed by atoms with Gasteiger partial charge in [-0.25, -0.2) is 5.43 Å². The lowest BCUT2D eigenvalue weighted by Crippen LogP contribution is -2.41. The SMILES string of the molecule is CCC(CC)NC(=O)C1=NNC(=O)CC1. The first-order valence-corrected chi connectivity index (χ1v) is 5.33. The number of hydrazone groups is 1. The maximum Gasteiger partial charge on any atom is 0.267 e. The number of nitrogens with zero attached hydrogens (tertiary/aromatic N) is 1. The van der Waals surface area contributed by atoms with Gasteiger partial charge in [0.05, 0.1) is 0 Å². The van der Waals surface area contributed by atoms with E-state index in [-0.39, 0.29) is 17.9 Å². The van der Waals surface area contributed by atoms with Crippen LogP contribution in [0.15, 0.2) is 5.10 Å². The molecule has 1 aliphatic heterocycles. The average Bonchev–Trinajstić information content (AvgIpc) is 2.26. The summed E-state index contributed by atoms with van der Waals surface area (Å²) in [6.45, 7) is 4.05. The van der Waals surface area contributed by atoms with Gasteiger partial charge in [0.1, 0.15) is 5.71 Å². The topological polar surface area (TPSA) is 70.6 Å². The van der Waals surface area contributed by atoms with Crippen LogP contribution in [-0.2, 0) is 9.59 Å². The second-order valence-electron chi connectivity index (χ2n) is 3.58. The molecule has 0 aromatic heterocycles. The quantitative estimate of drug-likeness (QED) is 0.713. The summed E-state index contributed by atoms with van der Waals surface area (Å²) in [6.07, 6.45) is 2.58. The summed E-state index contributed by atoms with van der Waals surface area (Å²) in [4.78, 5) is 22.5. The van der Waals surface area contributed by atoms with Crippen molar-refractivity contribution in [1.29, 1.82) is 0 Å². The second-order valence-corrected chi connectivity index (χ2v) is 3.58. The highest BCUT2D eigenvalue weighted by Crippen LogP contribution is 2.02. The van der Waals surface area contributed by atoms with Crippen LogP contribution < -0.4 is 10.7 Å². The first-order valence-electron chi connectivity index (χ1n) is 5.33. The van der Waals surface area contributed by atoms with E-state index in [1.165, 1.54) is 0 Å². The Morgan fingerprint density at radius 3 is 2.60 bits per heavy atom. The number of amides is 2. The number of hydrogen-bond acceptors (Lipinski definition) is 3. The van der Waals surface area contributed by atoms with Gasteiger partial charge in [0, 0.05) is 18.9 Å². The predicted octanol–water partition coefficient (Wildman–Crippen LogP) is 0.557. The number of carbonyl (C=O) groups is 2. The van der Waals surface area contributed by atoms with E-state index in [2.05, 4.69) is 15.8 Å². The highest BCUT2D eigenvalue weighted by molar-refractivity contribution is 6.39. The summed E-state index contributed by atoms with van der Waals surface area (Å²) in [5, 5.41) is 6.62. The van der Waals surface area contributed by atoms with Crippen LogP contribution in [0.25, 0.3) is 0 Å². The maximum absolute atomic E-state index is 11.6. The van der Waals surface area contributed by atoms with Crippen molar-refractivity contribution in [2.45, 2.75) is 45.6 Å². The summed E-state index contributed by atoms with van der Waals surface area (Å²) >= 11 is 0. The zero-order chi connectivity index (χ0) is 11.3. The molecule has 84 valence electrons. The molecule has 0 aliphatic carbocycles. The molecule has 0 saturated heterocycles. The number of hydrogen-bond donors (Lipinski definition) is 2. The van der Waals surface area contributed by atoms with Crippen molar-refractivity contribution in [1.82, 2.24) is 10.7 Å². The smallest absolute Gasteiger partial charge is 0.267 e. The minimum absolute atomic E-state index is 0.130. The molecule has 1 rings (SSSR count). The predicted molar refractivity (Wildman–Crippen MR) is 57.3 cm³/mol. The molecule has 2 amide bonds. The molecule has 0 spiro atoms. The van der Waals surface area contributed by atoms with Crippen LogP contribution in [0.5, 0.6) is 0 Å². The third-order valence-corrected chi connectivity index (χ3v) is 2.49. The lowest BCUT2D eigenvalue weighted by Gasteiger charge is -2.17. The first-order chi connectivity index (χ1) is 7.17. The molecule has 0 bridgehead atoms. The number of carbonyl (C=O) groups excluding carboxylic acids is 2. The highest BCUT2D eigenvalue weighted by Gasteiger charge is 2.19. The van der Waals surface area contributed by atoms with Crippen molar-refractivity contribution in [2.75, 3.05) is 0 Å². The largest absolute Gasteiger partial charge is 0.348 e. The molecule has 0 unspecified atom stereocenters. The molecule has 0 aromatic rings. The molecule has 1 heterocycles. The van der Waals surface area contributed by atoms with E-state index in [1.807, 2.05) is 13.8 Å². The minimum Gasteiger partial charge on any atom is -0.348 e. The Hall–Kier alpha value is -1.39. The van der Waals surface area contributed by atoms with Crippen LogP contribution in [0.3, 0.4) is 0 Å². The van der Waals surface area contributed by atoms with Gasteiger partial charge < -0.3 is 5.32 Å². The summed E-state index contributed by atoms with van der Waals surface area (Å²) < 4.78 is 0. The van der Waals surface area contributed by atoms with Gasteiger partial charge in [0.15, 0.2) is 0 Å². The maximum atomic E-state index is 11.6. The molecular formula is C10H17N3O2. The van der Waals surface area contributed by atoms with E-state index >= 15 is 0 Å². The van der Waals surface area contributed by atoms with Gasteiger partial charge in [0.25, 0.3) is 5.91 Å². The van der Waals surface area contributed by atoms with Gasteiger partial charge in [0.2, 0.25) is 5.91 Å². The zero-order valence-electron chi connectivity index (χ0n) is 9.17. The van der Waals surface area contributed by atoms with Crippen LogP contribution in [0.4, 0.5) is 0 Å². The van der Waals surface area contributed by atoms with Crippen LogP contribution in [-0.4, -0.2) is 23.6 Å². The third-order valence-electron chi connectivity index (χ3n) is 2.49. The Labute approximate surface area is 89.3 Å². The van der Waals surface area contributed by atoms with Crippen molar-refractivity contribution in [3.05, 3.63) is 0 Å². The van der Waals surface area contributed by atoms with E-state index in [4.69, 9.17) is 0 Å². The van der Waals surface area contributed by atoms with Crippen molar-refractivity contribution in [3.8, 4) is 0 Å². The fourth-order valence-corrected chi connectivity index (χ4v) is 1.40. The number of rotatable bonds is 4. The zero-order valence-corrected chi connectivity index (χ0v) is 9.17. The van der Waals surface area contributed by atoms with Crippen LogP contribution in [0.1, 0.15) is 39.5 Å². The van der Waals surface area contributed by atoms with E-state index in [1.54, 1.807) is 0 Å². The van der Waals surface area contributed by atoms with Crippen molar-refractivity contribution in [2.24, 2.45) is 5.10 Å². The Kier molecular flexibility index (Phi) is 4.27. The Bertz CT molecular complexity index is 282. The fraction of sp³-hybridized carbons (Fsp3) is 0.700. The average molecular weight is 211 g/mol. The van der Waals surface area contributed by atoms with Crippen LogP contribution in [0.2, 0.25) is 0 Å². The highest BCUT2D eigenvalue weighted by atomic mass is 16.2. The van der Waals surface area contributed by atoms with Crippen LogP contribution in [0, 0.1) is 0 Å². The monoisotopic (exact) mass is 211 g/mol. The molecule has 0 fully saturated rings. The Balaban J connectivity index is 2.50. The first kappa shape index (κ1) is 11.7. The molecule has 5 nitrogen and oxygen atoms in total. The lowest BCUT2D eigenvalue weighted by molar-refractivity contribution is -0.121. The van der Waals surface area contributed by atoms with Crippen molar-refractivity contribution < 1.29 is 9.59 Å². The Morgan fingerprint density at radius 2 is 2.13 bits per heavy atom. The van der Waals surface area contributed by atoms with Crippen molar-refractivity contribution in [3.63, 3.8) is 0 Å². The fourth-order valence-electron chi connectivity index (χ4n) is 1.40. The van der Waals surface area contributed by atoms with Crippen molar-refractivity contribution >= 4 is 17.5 Å². The van der Waals surface area contributed by atoms with E-state index in [0.29, 0.717) is 18.6 Å². The summed E-state index contributed by atoms with van der Waals surface area (Å²) in [5.74, 6) is -0.294. The van der Waals surface area contributed by atoms with Gasteiger partial charge in [-0.3, -0.25) is 9.59 Å². The van der Waals surface area contributed by atoms with E-state index in [9.17, 15) is 9.59 Å². The molecule has 0 saturated carbocycles. The number of nitrogens with one attached hydrogen (secondary N) is 2. The normalized spacial score (nSPS) is 15.9. The second kappa shape index (κ2) is 5.48. The third kappa shape index (κ3) is 3.34. The van der Waals surface area contributed by atoms with Gasteiger partial charge in [-0.1, -0.05) is 13.8 Å². The lowest BCUT2D eigenvalue weighted by atomic mass is 10.1. The minimum atomic E-state index is -0.163. The Morgan fingerprint density at radius 1 is 1.47 bits per heavy atom. The molecular weight excluding hydrogens is 194 g/mol. The van der Waals surface area contributed by atoms with E-state index in [0.717, 1.165) is 12.8 Å². The van der Waals surface area contributed by atoms with E-state index < -0.39 is 0 Å². The standard InChI is InChI=1S/C10H17N3O2/c1-3-7(4-2)11-10(15)8-5-6-9(14)13-12-8/h7H,3-6H2,1-2H3,(H,11,15)(H,13,14). The molecule has 15 heavy (non-hydrogen) atoms. The van der Waals surface area contributed by atoms with Gasteiger partial charge in [-0.05, 0) is 12.8 Å². The van der Waals surface area contributed by atoms with Gasteiger partial charge >= 0.3 is 0 Å². The summed E-state index contributed by atoms with van der Waals surface area (Å²) in [5.41, 5.74) is 2.73. The van der Waals surface area contributed by atoms with Crippen LogP contribution >= 0.6 is 0 Å². The van der Waals surface area contributed by atoms with Gasteiger partial charge in [-0.2, -0.15) is 5.10 Å².